The minimum Gasteiger partial charge on any atom is -0.348 e. The molecular formula is C9H16O3. The molecule has 3 nitrogen and oxygen atoms in total. The molecule has 0 unspecified atom stereocenters. The topological polar surface area (TPSA) is 27.7 Å². The average Bonchev–Trinajstić information content (AvgIpc) is 1.95. The summed E-state index contributed by atoms with van der Waals surface area (Å²) >= 11 is 0. The first-order chi connectivity index (χ1) is 5.63. The Morgan fingerprint density at radius 1 is 1.00 bits per heavy atom. The van der Waals surface area contributed by atoms with Crippen LogP contribution in [0, 0.1) is 0 Å². The van der Waals surface area contributed by atoms with Crippen LogP contribution in [-0.2, 0) is 14.5 Å². The van der Waals surface area contributed by atoms with Gasteiger partial charge in [0.2, 0.25) is 0 Å². The molecule has 0 saturated heterocycles. The van der Waals surface area contributed by atoms with Crippen molar-refractivity contribution in [2.45, 2.75) is 13.8 Å². The van der Waals surface area contributed by atoms with E-state index in [0.29, 0.717) is 13.2 Å². The fourth-order valence-corrected chi connectivity index (χ4v) is 0.426. The highest BCUT2D eigenvalue weighted by Gasteiger charge is 1.90. The molecule has 0 aliphatic rings. The zero-order valence-corrected chi connectivity index (χ0v) is 7.76. The van der Waals surface area contributed by atoms with Crippen molar-refractivity contribution >= 4 is 0 Å². The van der Waals surface area contributed by atoms with Gasteiger partial charge >= 0.3 is 0 Å². The lowest BCUT2D eigenvalue weighted by molar-refractivity contribution is -0.329. The summed E-state index contributed by atoms with van der Waals surface area (Å²) in [5.41, 5.74) is 1.87. The first-order valence-electron chi connectivity index (χ1n) is 3.74. The van der Waals surface area contributed by atoms with Crippen LogP contribution in [-0.4, -0.2) is 20.0 Å². The van der Waals surface area contributed by atoms with Crippen LogP contribution >= 0.6 is 0 Å². The van der Waals surface area contributed by atoms with Gasteiger partial charge in [0.1, 0.15) is 6.61 Å². The second-order valence-corrected chi connectivity index (χ2v) is 2.76. The third kappa shape index (κ3) is 9.36. The Kier molecular flexibility index (Phi) is 6.66. The third-order valence-corrected chi connectivity index (χ3v) is 0.869. The van der Waals surface area contributed by atoms with Crippen LogP contribution in [0.5, 0.6) is 0 Å². The summed E-state index contributed by atoms with van der Waals surface area (Å²) in [5.74, 6) is 0. The maximum Gasteiger partial charge on any atom is 0.181 e. The highest BCUT2D eigenvalue weighted by Crippen LogP contribution is 1.91. The summed E-state index contributed by atoms with van der Waals surface area (Å²) in [6.45, 7) is 12.1. The molecule has 0 aromatic heterocycles. The van der Waals surface area contributed by atoms with Crippen molar-refractivity contribution < 1.29 is 14.5 Å². The molecule has 0 aliphatic carbocycles. The number of hydrogen-bond acceptors (Lipinski definition) is 3. The van der Waals surface area contributed by atoms with Gasteiger partial charge in [-0.05, 0) is 13.8 Å². The summed E-state index contributed by atoms with van der Waals surface area (Å²) in [5, 5.41) is 0. The van der Waals surface area contributed by atoms with E-state index in [1.165, 1.54) is 0 Å². The summed E-state index contributed by atoms with van der Waals surface area (Å²) in [6, 6.07) is 0. The molecule has 0 aromatic carbocycles. The fraction of sp³-hybridized carbons (Fsp3) is 0.556. The van der Waals surface area contributed by atoms with E-state index in [-0.39, 0.29) is 6.79 Å². The Labute approximate surface area is 73.5 Å². The lowest BCUT2D eigenvalue weighted by atomic mass is 10.4. The second-order valence-electron chi connectivity index (χ2n) is 2.76. The molecule has 0 fully saturated rings. The van der Waals surface area contributed by atoms with Crippen LogP contribution in [0.25, 0.3) is 0 Å². The molecule has 0 radical (unpaired) electrons. The smallest absolute Gasteiger partial charge is 0.181 e. The van der Waals surface area contributed by atoms with Gasteiger partial charge in [0.25, 0.3) is 0 Å². The van der Waals surface area contributed by atoms with Crippen LogP contribution < -0.4 is 0 Å². The third-order valence-electron chi connectivity index (χ3n) is 0.869. The first kappa shape index (κ1) is 11.4. The molecule has 12 heavy (non-hydrogen) atoms. The fourth-order valence-electron chi connectivity index (χ4n) is 0.426. The lowest BCUT2D eigenvalue weighted by Gasteiger charge is -2.04. The van der Waals surface area contributed by atoms with E-state index in [9.17, 15) is 0 Å². The molecule has 0 N–H and O–H groups in total. The van der Waals surface area contributed by atoms with E-state index in [1.807, 2.05) is 13.8 Å². The van der Waals surface area contributed by atoms with Gasteiger partial charge in [-0.3, -0.25) is 0 Å². The maximum absolute atomic E-state index is 5.00. The number of rotatable bonds is 7. The van der Waals surface area contributed by atoms with E-state index in [4.69, 9.17) is 9.62 Å². The zero-order valence-electron chi connectivity index (χ0n) is 7.76. The zero-order chi connectivity index (χ0) is 9.40. The van der Waals surface area contributed by atoms with Crippen LogP contribution in [0.4, 0.5) is 0 Å². The van der Waals surface area contributed by atoms with E-state index < -0.39 is 0 Å². The van der Waals surface area contributed by atoms with E-state index in [1.54, 1.807) is 0 Å². The number of hydrogen-bond donors (Lipinski definition) is 0. The predicted molar refractivity (Wildman–Crippen MR) is 47.5 cm³/mol. The van der Waals surface area contributed by atoms with Gasteiger partial charge in [0, 0.05) is 0 Å². The highest BCUT2D eigenvalue weighted by atomic mass is 17.2. The van der Waals surface area contributed by atoms with Crippen molar-refractivity contribution in [3.8, 4) is 0 Å². The molecule has 0 atom stereocenters. The Bertz CT molecular complexity index is 134. The van der Waals surface area contributed by atoms with Gasteiger partial charge in [-0.2, -0.15) is 0 Å². The Morgan fingerprint density at radius 2 is 1.58 bits per heavy atom. The molecular weight excluding hydrogens is 156 g/mol. The Hall–Kier alpha value is -0.640. The van der Waals surface area contributed by atoms with Crippen molar-refractivity contribution in [3.63, 3.8) is 0 Å². The van der Waals surface area contributed by atoms with Gasteiger partial charge in [-0.15, -0.1) is 0 Å². The van der Waals surface area contributed by atoms with Gasteiger partial charge in [0.15, 0.2) is 6.79 Å². The normalized spacial score (nSPS) is 9.83. The van der Waals surface area contributed by atoms with Crippen LogP contribution in [0.2, 0.25) is 0 Å². The van der Waals surface area contributed by atoms with E-state index >= 15 is 0 Å². The van der Waals surface area contributed by atoms with Crippen LogP contribution in [0.15, 0.2) is 24.3 Å². The van der Waals surface area contributed by atoms with Crippen LogP contribution in [0.1, 0.15) is 13.8 Å². The van der Waals surface area contributed by atoms with Crippen molar-refractivity contribution in [2.75, 3.05) is 20.0 Å². The molecule has 0 heterocycles. The van der Waals surface area contributed by atoms with Gasteiger partial charge in [-0.25, -0.2) is 9.78 Å². The summed E-state index contributed by atoms with van der Waals surface area (Å²) < 4.78 is 5.00. The largest absolute Gasteiger partial charge is 0.348 e. The molecule has 0 spiro atoms. The predicted octanol–water partition coefficient (Wildman–Crippen LogP) is 2.06. The molecule has 3 heteroatoms. The standard InChI is InChI=1S/C9H16O3/c1-8(2)5-10-7-12-11-6-9(3)4/h1,3,5-7H2,2,4H3. The van der Waals surface area contributed by atoms with Crippen molar-refractivity contribution in [1.82, 2.24) is 0 Å². The SMILES string of the molecule is C=C(C)COCOOCC(=C)C. The van der Waals surface area contributed by atoms with Crippen LogP contribution in [0.3, 0.4) is 0 Å². The summed E-state index contributed by atoms with van der Waals surface area (Å²) in [7, 11) is 0. The monoisotopic (exact) mass is 172 g/mol. The average molecular weight is 172 g/mol. The first-order valence-corrected chi connectivity index (χ1v) is 3.74. The molecule has 0 aliphatic heterocycles. The lowest BCUT2D eigenvalue weighted by Crippen LogP contribution is -2.04. The quantitative estimate of drug-likeness (QED) is 0.193. The van der Waals surface area contributed by atoms with E-state index in [2.05, 4.69) is 18.0 Å². The highest BCUT2D eigenvalue weighted by molar-refractivity contribution is 4.87. The molecule has 0 bridgehead atoms. The van der Waals surface area contributed by atoms with Crippen molar-refractivity contribution in [3.05, 3.63) is 24.3 Å². The van der Waals surface area contributed by atoms with Crippen molar-refractivity contribution in [2.24, 2.45) is 0 Å². The minimum atomic E-state index is 0.125. The molecule has 0 saturated carbocycles. The summed E-state index contributed by atoms with van der Waals surface area (Å²) in [6.07, 6.45) is 0. The Morgan fingerprint density at radius 3 is 2.08 bits per heavy atom. The molecule has 0 aromatic rings. The molecule has 70 valence electrons. The van der Waals surface area contributed by atoms with Crippen molar-refractivity contribution in [1.29, 1.82) is 0 Å². The summed E-state index contributed by atoms with van der Waals surface area (Å²) in [4.78, 5) is 9.39. The van der Waals surface area contributed by atoms with Gasteiger partial charge < -0.3 is 4.74 Å². The van der Waals surface area contributed by atoms with Gasteiger partial charge in [-0.1, -0.05) is 24.3 Å². The maximum atomic E-state index is 5.00. The number of ether oxygens (including phenoxy) is 1. The Balaban J connectivity index is 3.01. The molecule has 0 rings (SSSR count). The van der Waals surface area contributed by atoms with E-state index in [0.717, 1.165) is 11.1 Å². The minimum absolute atomic E-state index is 0.125. The second kappa shape index (κ2) is 7.03. The molecule has 0 amide bonds. The van der Waals surface area contributed by atoms with Gasteiger partial charge in [0.05, 0.1) is 6.61 Å².